The summed E-state index contributed by atoms with van der Waals surface area (Å²) in [5, 5.41) is 5.93. The van der Waals surface area contributed by atoms with Gasteiger partial charge in [0, 0.05) is 30.6 Å². The number of rotatable bonds is 8. The minimum absolute atomic E-state index is 0.00280. The second-order valence-corrected chi connectivity index (χ2v) is 9.65. The smallest absolute Gasteiger partial charge is 0.251 e. The van der Waals surface area contributed by atoms with Gasteiger partial charge in [0.25, 0.3) is 5.91 Å². The van der Waals surface area contributed by atoms with Crippen molar-refractivity contribution < 1.29 is 9.59 Å². The normalized spacial score (nSPS) is 23.0. The van der Waals surface area contributed by atoms with Crippen molar-refractivity contribution in [2.24, 2.45) is 11.8 Å². The number of aryl methyl sites for hydroxylation is 2. The Balaban J connectivity index is 1.68. The number of likely N-dealkylation sites (N-methyl/N-ethyl adjacent to an activating group) is 1. The third kappa shape index (κ3) is 4.58. The first-order valence-electron chi connectivity index (χ1n) is 11.4. The van der Waals surface area contributed by atoms with Crippen molar-refractivity contribution in [3.8, 4) is 0 Å². The third-order valence-electron chi connectivity index (χ3n) is 7.53. The molecular weight excluding hydrogens is 398 g/mol. The lowest BCUT2D eigenvalue weighted by atomic mass is 9.93. The fourth-order valence-electron chi connectivity index (χ4n) is 5.06. The zero-order valence-corrected chi connectivity index (χ0v) is 20.5. The molecule has 2 amide bonds. The van der Waals surface area contributed by atoms with Gasteiger partial charge in [-0.05, 0) is 74.7 Å². The molecule has 0 heterocycles. The van der Waals surface area contributed by atoms with Crippen molar-refractivity contribution in [2.45, 2.75) is 45.6 Å². The third-order valence-corrected chi connectivity index (χ3v) is 7.53. The standard InChI is InChI=1S/C27H37N3O2/c1-17-13-20(25(31)28-5)14-18(2)23(17)15-22(30(6)7)16-29-26(32)24-19(3)27(24,4)21-11-9-8-10-12-21/h8-14,19,22,24H,15-16H2,1-7H3,(H,28,31)(H,29,32)/t19-,22-,24-,27+/m0/s1. The summed E-state index contributed by atoms with van der Waals surface area (Å²) in [4.78, 5) is 27.3. The molecule has 0 unspecified atom stereocenters. The van der Waals surface area contributed by atoms with Crippen LogP contribution < -0.4 is 10.6 Å². The molecule has 172 valence electrons. The van der Waals surface area contributed by atoms with Crippen molar-refractivity contribution in [3.05, 3.63) is 70.3 Å². The Bertz CT molecular complexity index is 963. The number of amides is 2. The quantitative estimate of drug-likeness (QED) is 0.667. The maximum absolute atomic E-state index is 13.1. The molecule has 1 aliphatic carbocycles. The Morgan fingerprint density at radius 2 is 1.69 bits per heavy atom. The van der Waals surface area contributed by atoms with E-state index < -0.39 is 0 Å². The van der Waals surface area contributed by atoms with Gasteiger partial charge in [0.1, 0.15) is 0 Å². The summed E-state index contributed by atoms with van der Waals surface area (Å²) in [5.74, 6) is 0.394. The van der Waals surface area contributed by atoms with E-state index >= 15 is 0 Å². The molecule has 5 heteroatoms. The van der Waals surface area contributed by atoms with Crippen molar-refractivity contribution in [3.63, 3.8) is 0 Å². The molecule has 0 aromatic heterocycles. The molecule has 5 nitrogen and oxygen atoms in total. The Labute approximate surface area is 192 Å². The molecule has 0 saturated heterocycles. The largest absolute Gasteiger partial charge is 0.355 e. The highest BCUT2D eigenvalue weighted by Gasteiger charge is 2.62. The maximum Gasteiger partial charge on any atom is 0.251 e. The molecule has 2 N–H and O–H groups in total. The molecule has 0 radical (unpaired) electrons. The Hall–Kier alpha value is -2.66. The minimum atomic E-state index is -0.0954. The van der Waals surface area contributed by atoms with E-state index in [9.17, 15) is 9.59 Å². The van der Waals surface area contributed by atoms with Crippen LogP contribution in [0.3, 0.4) is 0 Å². The zero-order chi connectivity index (χ0) is 23.6. The summed E-state index contributed by atoms with van der Waals surface area (Å²) in [6, 6.07) is 14.4. The van der Waals surface area contributed by atoms with Gasteiger partial charge >= 0.3 is 0 Å². The lowest BCUT2D eigenvalue weighted by Gasteiger charge is -2.26. The molecule has 1 aliphatic rings. The predicted molar refractivity (Wildman–Crippen MR) is 130 cm³/mol. The highest BCUT2D eigenvalue weighted by molar-refractivity contribution is 5.94. The van der Waals surface area contributed by atoms with Crippen LogP contribution in [0, 0.1) is 25.7 Å². The van der Waals surface area contributed by atoms with Gasteiger partial charge in [-0.1, -0.05) is 44.2 Å². The fourth-order valence-corrected chi connectivity index (χ4v) is 5.06. The average Bonchev–Trinajstić information content (AvgIpc) is 3.33. The van der Waals surface area contributed by atoms with E-state index in [4.69, 9.17) is 0 Å². The molecule has 1 fully saturated rings. The summed E-state index contributed by atoms with van der Waals surface area (Å²) in [7, 11) is 5.75. The highest BCUT2D eigenvalue weighted by atomic mass is 16.2. The van der Waals surface area contributed by atoms with E-state index in [1.54, 1.807) is 7.05 Å². The number of nitrogens with zero attached hydrogens (tertiary/aromatic N) is 1. The molecule has 3 rings (SSSR count). The number of carbonyl (C=O) groups excluding carboxylic acids is 2. The SMILES string of the molecule is CNC(=O)c1cc(C)c(C[C@@H](CNC(=O)[C@@H]2[C@H](C)[C@]2(C)c2ccccc2)N(C)C)c(C)c1. The minimum Gasteiger partial charge on any atom is -0.355 e. The van der Waals surface area contributed by atoms with Crippen LogP contribution in [-0.2, 0) is 16.6 Å². The first-order valence-corrected chi connectivity index (χ1v) is 11.4. The molecule has 2 aromatic carbocycles. The topological polar surface area (TPSA) is 61.4 Å². The van der Waals surface area contributed by atoms with Gasteiger partial charge in [0.05, 0.1) is 5.92 Å². The van der Waals surface area contributed by atoms with Crippen LogP contribution in [0.25, 0.3) is 0 Å². The average molecular weight is 436 g/mol. The summed E-state index contributed by atoms with van der Waals surface area (Å²) in [5.41, 5.74) is 5.27. The van der Waals surface area contributed by atoms with Crippen LogP contribution in [0.1, 0.15) is 46.5 Å². The lowest BCUT2D eigenvalue weighted by Crippen LogP contribution is -2.42. The van der Waals surface area contributed by atoms with Crippen LogP contribution in [0.15, 0.2) is 42.5 Å². The summed E-state index contributed by atoms with van der Waals surface area (Å²) < 4.78 is 0. The molecule has 2 aromatic rings. The number of nitrogens with one attached hydrogen (secondary N) is 2. The van der Waals surface area contributed by atoms with Gasteiger partial charge in [-0.3, -0.25) is 9.59 Å². The fraction of sp³-hybridized carbons (Fsp3) is 0.481. The molecule has 32 heavy (non-hydrogen) atoms. The summed E-state index contributed by atoms with van der Waals surface area (Å²) in [6.45, 7) is 9.06. The molecule has 0 aliphatic heterocycles. The van der Waals surface area contributed by atoms with E-state index in [-0.39, 0.29) is 29.2 Å². The Morgan fingerprint density at radius 3 is 2.22 bits per heavy atom. The molecule has 4 atom stereocenters. The number of hydrogen-bond acceptors (Lipinski definition) is 3. The van der Waals surface area contributed by atoms with Crippen molar-refractivity contribution >= 4 is 11.8 Å². The van der Waals surface area contributed by atoms with Gasteiger partial charge in [-0.15, -0.1) is 0 Å². The Morgan fingerprint density at radius 1 is 1.09 bits per heavy atom. The van der Waals surface area contributed by atoms with Crippen LogP contribution >= 0.6 is 0 Å². The van der Waals surface area contributed by atoms with Crippen molar-refractivity contribution in [1.29, 1.82) is 0 Å². The number of hydrogen-bond donors (Lipinski definition) is 2. The summed E-state index contributed by atoms with van der Waals surface area (Å²) in [6.07, 6.45) is 0.815. The molecule has 0 spiro atoms. The van der Waals surface area contributed by atoms with E-state index in [1.165, 1.54) is 11.1 Å². The highest BCUT2D eigenvalue weighted by Crippen LogP contribution is 2.59. The number of benzene rings is 2. The lowest BCUT2D eigenvalue weighted by molar-refractivity contribution is -0.123. The second-order valence-electron chi connectivity index (χ2n) is 9.65. The molecular formula is C27H37N3O2. The second kappa shape index (κ2) is 9.45. The van der Waals surface area contributed by atoms with E-state index in [0.717, 1.165) is 17.5 Å². The maximum atomic E-state index is 13.1. The van der Waals surface area contributed by atoms with Crippen molar-refractivity contribution in [2.75, 3.05) is 27.7 Å². The monoisotopic (exact) mass is 435 g/mol. The van der Waals surface area contributed by atoms with Gasteiger partial charge in [0.15, 0.2) is 0 Å². The summed E-state index contributed by atoms with van der Waals surface area (Å²) >= 11 is 0. The van der Waals surface area contributed by atoms with E-state index in [1.807, 2.05) is 44.4 Å². The van der Waals surface area contributed by atoms with Crippen molar-refractivity contribution in [1.82, 2.24) is 15.5 Å². The van der Waals surface area contributed by atoms with Gasteiger partial charge in [-0.25, -0.2) is 0 Å². The first kappa shape index (κ1) is 24.0. The molecule has 0 bridgehead atoms. The van der Waals surface area contributed by atoms with Gasteiger partial charge in [-0.2, -0.15) is 0 Å². The zero-order valence-electron chi connectivity index (χ0n) is 20.5. The van der Waals surface area contributed by atoms with Crippen LogP contribution in [0.5, 0.6) is 0 Å². The number of carbonyl (C=O) groups is 2. The predicted octanol–water partition coefficient (Wildman–Crippen LogP) is 3.48. The first-order chi connectivity index (χ1) is 15.1. The van der Waals surface area contributed by atoms with Crippen LogP contribution in [0.2, 0.25) is 0 Å². The van der Waals surface area contributed by atoms with E-state index in [2.05, 4.69) is 55.4 Å². The van der Waals surface area contributed by atoms with Gasteiger partial charge in [0.2, 0.25) is 5.91 Å². The van der Waals surface area contributed by atoms with E-state index in [0.29, 0.717) is 18.0 Å². The van der Waals surface area contributed by atoms with Crippen LogP contribution in [-0.4, -0.2) is 50.4 Å². The molecule has 1 saturated carbocycles. The van der Waals surface area contributed by atoms with Crippen LogP contribution in [0.4, 0.5) is 0 Å². The Kier molecular flexibility index (Phi) is 7.09. The van der Waals surface area contributed by atoms with Gasteiger partial charge < -0.3 is 15.5 Å².